The van der Waals surface area contributed by atoms with Crippen LogP contribution in [0, 0.1) is 0 Å². The van der Waals surface area contributed by atoms with E-state index in [1.807, 2.05) is 19.0 Å². The maximum absolute atomic E-state index is 11.3. The van der Waals surface area contributed by atoms with Crippen LogP contribution < -0.4 is 5.32 Å². The summed E-state index contributed by atoms with van der Waals surface area (Å²) in [6.07, 6.45) is 2.02. The molecule has 0 heterocycles. The van der Waals surface area contributed by atoms with Gasteiger partial charge in [0.05, 0.1) is 0 Å². The van der Waals surface area contributed by atoms with E-state index in [4.69, 9.17) is 5.11 Å². The molecular formula is C10H18N2O3. The lowest BCUT2D eigenvalue weighted by atomic mass is 10.2. The molecule has 0 fully saturated rings. The van der Waals surface area contributed by atoms with Gasteiger partial charge in [0.15, 0.2) is 0 Å². The first-order valence-corrected chi connectivity index (χ1v) is 4.75. The van der Waals surface area contributed by atoms with Gasteiger partial charge in [-0.2, -0.15) is 0 Å². The molecule has 0 aliphatic heterocycles. The second kappa shape index (κ2) is 7.00. The molecule has 0 spiro atoms. The average Bonchev–Trinajstić information content (AvgIpc) is 2.14. The van der Waals surface area contributed by atoms with Crippen molar-refractivity contribution in [1.82, 2.24) is 10.2 Å². The topological polar surface area (TPSA) is 69.6 Å². The van der Waals surface area contributed by atoms with Crippen molar-refractivity contribution in [3.63, 3.8) is 0 Å². The molecule has 0 radical (unpaired) electrons. The zero-order chi connectivity index (χ0) is 11.8. The molecule has 0 bridgehead atoms. The number of hydrogen-bond donors (Lipinski definition) is 2. The van der Waals surface area contributed by atoms with Crippen molar-refractivity contribution in [2.45, 2.75) is 18.9 Å². The van der Waals surface area contributed by atoms with Gasteiger partial charge in [0, 0.05) is 13.0 Å². The third-order valence-electron chi connectivity index (χ3n) is 1.82. The van der Waals surface area contributed by atoms with E-state index >= 15 is 0 Å². The summed E-state index contributed by atoms with van der Waals surface area (Å²) in [4.78, 5) is 23.9. The Morgan fingerprint density at radius 2 is 2.13 bits per heavy atom. The molecule has 15 heavy (non-hydrogen) atoms. The third kappa shape index (κ3) is 6.68. The maximum atomic E-state index is 11.3. The van der Waals surface area contributed by atoms with Crippen molar-refractivity contribution in [3.05, 3.63) is 12.7 Å². The Labute approximate surface area is 89.8 Å². The predicted molar refractivity (Wildman–Crippen MR) is 57.6 cm³/mol. The molecule has 0 aromatic heterocycles. The predicted octanol–water partition coefficient (Wildman–Crippen LogP) is 0.0836. The highest BCUT2D eigenvalue weighted by Gasteiger charge is 2.17. The normalized spacial score (nSPS) is 12.2. The van der Waals surface area contributed by atoms with Gasteiger partial charge in [-0.1, -0.05) is 6.08 Å². The molecule has 0 aromatic rings. The number of nitrogens with zero attached hydrogens (tertiary/aromatic N) is 1. The van der Waals surface area contributed by atoms with Gasteiger partial charge in [0.2, 0.25) is 5.91 Å². The van der Waals surface area contributed by atoms with E-state index in [0.29, 0.717) is 13.0 Å². The molecule has 0 aliphatic rings. The van der Waals surface area contributed by atoms with Crippen LogP contribution in [0.2, 0.25) is 0 Å². The average molecular weight is 214 g/mol. The van der Waals surface area contributed by atoms with Crippen molar-refractivity contribution < 1.29 is 14.7 Å². The third-order valence-corrected chi connectivity index (χ3v) is 1.82. The lowest BCUT2D eigenvalue weighted by molar-refractivity contribution is -0.141. The van der Waals surface area contributed by atoms with Crippen molar-refractivity contribution in [2.75, 3.05) is 20.6 Å². The van der Waals surface area contributed by atoms with Crippen LogP contribution in [-0.2, 0) is 9.59 Å². The fraction of sp³-hybridized carbons (Fsp3) is 0.600. The lowest BCUT2D eigenvalue weighted by Gasteiger charge is -2.14. The number of carboxylic acid groups (broad SMARTS) is 1. The molecule has 1 unspecified atom stereocenters. The zero-order valence-corrected chi connectivity index (χ0v) is 9.19. The fourth-order valence-electron chi connectivity index (χ4n) is 0.980. The Kier molecular flexibility index (Phi) is 6.37. The monoisotopic (exact) mass is 214 g/mol. The number of nitrogens with one attached hydrogen (secondary N) is 1. The van der Waals surface area contributed by atoms with Crippen LogP contribution in [0.3, 0.4) is 0 Å². The second-order valence-corrected chi connectivity index (χ2v) is 3.54. The number of amides is 1. The highest BCUT2D eigenvalue weighted by atomic mass is 16.4. The largest absolute Gasteiger partial charge is 0.480 e. The molecule has 0 saturated heterocycles. The Balaban J connectivity index is 3.99. The van der Waals surface area contributed by atoms with E-state index in [-0.39, 0.29) is 12.3 Å². The molecule has 2 N–H and O–H groups in total. The molecule has 0 rings (SSSR count). The standard InChI is InChI=1S/C10H18N2O3/c1-4-5-8(10(14)15)11-9(13)6-7-12(2)3/h4,8H,1,5-7H2,2-3H3,(H,11,13)(H,14,15). The van der Waals surface area contributed by atoms with Crippen LogP contribution in [-0.4, -0.2) is 48.6 Å². The summed E-state index contributed by atoms with van der Waals surface area (Å²) in [6, 6.07) is -0.864. The summed E-state index contributed by atoms with van der Waals surface area (Å²) in [5, 5.41) is 11.2. The van der Waals surface area contributed by atoms with Crippen molar-refractivity contribution in [3.8, 4) is 0 Å². The quantitative estimate of drug-likeness (QED) is 0.589. The fourth-order valence-corrected chi connectivity index (χ4v) is 0.980. The summed E-state index contributed by atoms with van der Waals surface area (Å²) < 4.78 is 0. The summed E-state index contributed by atoms with van der Waals surface area (Å²) in [5.74, 6) is -1.29. The number of carbonyl (C=O) groups excluding carboxylic acids is 1. The summed E-state index contributed by atoms with van der Waals surface area (Å²) >= 11 is 0. The molecule has 5 nitrogen and oxygen atoms in total. The van der Waals surface area contributed by atoms with E-state index in [9.17, 15) is 9.59 Å². The number of carbonyl (C=O) groups is 2. The van der Waals surface area contributed by atoms with Crippen LogP contribution in [0.1, 0.15) is 12.8 Å². The highest BCUT2D eigenvalue weighted by Crippen LogP contribution is 1.94. The van der Waals surface area contributed by atoms with Gasteiger partial charge in [-0.3, -0.25) is 4.79 Å². The molecule has 1 amide bonds. The van der Waals surface area contributed by atoms with Crippen molar-refractivity contribution >= 4 is 11.9 Å². The maximum Gasteiger partial charge on any atom is 0.326 e. The lowest BCUT2D eigenvalue weighted by Crippen LogP contribution is -2.41. The Hall–Kier alpha value is -1.36. The van der Waals surface area contributed by atoms with Crippen molar-refractivity contribution in [1.29, 1.82) is 0 Å². The summed E-state index contributed by atoms with van der Waals surface area (Å²) in [6.45, 7) is 4.04. The van der Waals surface area contributed by atoms with E-state index < -0.39 is 12.0 Å². The number of carboxylic acids is 1. The second-order valence-electron chi connectivity index (χ2n) is 3.54. The Morgan fingerprint density at radius 3 is 2.53 bits per heavy atom. The molecule has 0 aromatic carbocycles. The summed E-state index contributed by atoms with van der Waals surface area (Å²) in [7, 11) is 3.71. The van der Waals surface area contributed by atoms with Gasteiger partial charge >= 0.3 is 5.97 Å². The highest BCUT2D eigenvalue weighted by molar-refractivity contribution is 5.83. The van der Waals surface area contributed by atoms with E-state index in [0.717, 1.165) is 0 Å². The molecule has 0 aliphatic carbocycles. The smallest absolute Gasteiger partial charge is 0.326 e. The van der Waals surface area contributed by atoms with Gasteiger partial charge in [-0.05, 0) is 20.5 Å². The Morgan fingerprint density at radius 1 is 1.53 bits per heavy atom. The first-order chi connectivity index (χ1) is 6.97. The van der Waals surface area contributed by atoms with Gasteiger partial charge in [0.25, 0.3) is 0 Å². The number of rotatable bonds is 7. The van der Waals surface area contributed by atoms with Crippen LogP contribution >= 0.6 is 0 Å². The van der Waals surface area contributed by atoms with E-state index in [1.165, 1.54) is 6.08 Å². The first-order valence-electron chi connectivity index (χ1n) is 4.75. The van der Waals surface area contributed by atoms with Crippen LogP contribution in [0.4, 0.5) is 0 Å². The molecule has 5 heteroatoms. The zero-order valence-electron chi connectivity index (χ0n) is 9.19. The van der Waals surface area contributed by atoms with Crippen LogP contribution in [0.25, 0.3) is 0 Å². The van der Waals surface area contributed by atoms with E-state index in [1.54, 1.807) is 0 Å². The number of hydrogen-bond acceptors (Lipinski definition) is 3. The summed E-state index contributed by atoms with van der Waals surface area (Å²) in [5.41, 5.74) is 0. The van der Waals surface area contributed by atoms with Gasteiger partial charge in [-0.15, -0.1) is 6.58 Å². The molecule has 1 atom stereocenters. The minimum Gasteiger partial charge on any atom is -0.480 e. The molecular weight excluding hydrogens is 196 g/mol. The molecule has 0 saturated carbocycles. The van der Waals surface area contributed by atoms with Crippen molar-refractivity contribution in [2.24, 2.45) is 0 Å². The first kappa shape index (κ1) is 13.6. The minimum atomic E-state index is -1.03. The van der Waals surface area contributed by atoms with Crippen LogP contribution in [0.15, 0.2) is 12.7 Å². The SMILES string of the molecule is C=CCC(NC(=O)CCN(C)C)C(=O)O. The van der Waals surface area contributed by atoms with Gasteiger partial charge < -0.3 is 15.3 Å². The van der Waals surface area contributed by atoms with Gasteiger partial charge in [0.1, 0.15) is 6.04 Å². The van der Waals surface area contributed by atoms with Crippen LogP contribution in [0.5, 0.6) is 0 Å². The number of aliphatic carboxylic acids is 1. The van der Waals surface area contributed by atoms with E-state index in [2.05, 4.69) is 11.9 Å². The van der Waals surface area contributed by atoms with Gasteiger partial charge in [-0.25, -0.2) is 4.79 Å². The Bertz CT molecular complexity index is 239. The molecule has 86 valence electrons. The minimum absolute atomic E-state index is 0.239.